The molecule has 1 amide bonds. The highest BCUT2D eigenvalue weighted by Crippen LogP contribution is 2.27. The molecule has 1 aromatic carbocycles. The van der Waals surface area contributed by atoms with Crippen LogP contribution >= 0.6 is 11.6 Å². The minimum absolute atomic E-state index is 0.00502. The SMILES string of the molecule is CC(C)(C)C(=O)Nc1ccc(O)c(Cl)c1. The van der Waals surface area contributed by atoms with Gasteiger partial charge < -0.3 is 10.4 Å². The maximum Gasteiger partial charge on any atom is 0.229 e. The van der Waals surface area contributed by atoms with Crippen LogP contribution in [0.3, 0.4) is 0 Å². The monoisotopic (exact) mass is 227 g/mol. The zero-order chi connectivity index (χ0) is 11.6. The van der Waals surface area contributed by atoms with Crippen molar-refractivity contribution in [3.8, 4) is 5.75 Å². The Kier molecular flexibility index (Phi) is 3.25. The zero-order valence-electron chi connectivity index (χ0n) is 8.97. The Morgan fingerprint density at radius 2 is 2.00 bits per heavy atom. The van der Waals surface area contributed by atoms with Crippen LogP contribution in [0.4, 0.5) is 5.69 Å². The van der Waals surface area contributed by atoms with Gasteiger partial charge in [0, 0.05) is 11.1 Å². The second-order valence-electron chi connectivity index (χ2n) is 4.37. The van der Waals surface area contributed by atoms with Gasteiger partial charge in [0.1, 0.15) is 5.75 Å². The summed E-state index contributed by atoms with van der Waals surface area (Å²) in [7, 11) is 0. The molecule has 0 aliphatic rings. The fourth-order valence-electron chi connectivity index (χ4n) is 0.903. The number of benzene rings is 1. The van der Waals surface area contributed by atoms with Gasteiger partial charge in [0.25, 0.3) is 0 Å². The van der Waals surface area contributed by atoms with Crippen LogP contribution in [-0.4, -0.2) is 11.0 Å². The van der Waals surface area contributed by atoms with Crippen LogP contribution < -0.4 is 5.32 Å². The lowest BCUT2D eigenvalue weighted by molar-refractivity contribution is -0.123. The van der Waals surface area contributed by atoms with Crippen molar-refractivity contribution in [2.45, 2.75) is 20.8 Å². The molecule has 0 radical (unpaired) electrons. The van der Waals surface area contributed by atoms with Crippen LogP contribution in [0, 0.1) is 5.41 Å². The molecule has 3 nitrogen and oxygen atoms in total. The Balaban J connectivity index is 2.83. The summed E-state index contributed by atoms with van der Waals surface area (Å²) in [6.07, 6.45) is 0. The lowest BCUT2D eigenvalue weighted by Gasteiger charge is -2.17. The van der Waals surface area contributed by atoms with E-state index >= 15 is 0 Å². The Hall–Kier alpha value is -1.22. The summed E-state index contributed by atoms with van der Waals surface area (Å²) in [5, 5.41) is 12.1. The second kappa shape index (κ2) is 4.11. The van der Waals surface area contributed by atoms with Gasteiger partial charge in [-0.15, -0.1) is 0 Å². The molecule has 0 aliphatic heterocycles. The van der Waals surface area contributed by atoms with Crippen molar-refractivity contribution in [3.63, 3.8) is 0 Å². The fraction of sp³-hybridized carbons (Fsp3) is 0.364. The van der Waals surface area contributed by atoms with Gasteiger partial charge >= 0.3 is 0 Å². The quantitative estimate of drug-likeness (QED) is 0.725. The number of carbonyl (C=O) groups excluding carboxylic acids is 1. The number of aromatic hydroxyl groups is 1. The van der Waals surface area contributed by atoms with E-state index in [1.807, 2.05) is 20.8 Å². The topological polar surface area (TPSA) is 49.3 Å². The number of anilines is 1. The number of rotatable bonds is 1. The van der Waals surface area contributed by atoms with E-state index in [2.05, 4.69) is 5.32 Å². The molecule has 0 bridgehead atoms. The highest BCUT2D eigenvalue weighted by molar-refractivity contribution is 6.32. The normalized spacial score (nSPS) is 11.2. The standard InChI is InChI=1S/C11H14ClNO2/c1-11(2,3)10(15)13-7-4-5-9(14)8(12)6-7/h4-6,14H,1-3H3,(H,13,15). The molecule has 0 fully saturated rings. The molecule has 0 saturated heterocycles. The van der Waals surface area contributed by atoms with Gasteiger partial charge in [-0.1, -0.05) is 32.4 Å². The van der Waals surface area contributed by atoms with Gasteiger partial charge in [0.2, 0.25) is 5.91 Å². The van der Waals surface area contributed by atoms with Crippen LogP contribution in [0.2, 0.25) is 5.02 Å². The number of hydrogen-bond acceptors (Lipinski definition) is 2. The van der Waals surface area contributed by atoms with Crippen LogP contribution in [0.5, 0.6) is 5.75 Å². The van der Waals surface area contributed by atoms with Crippen molar-refractivity contribution in [2.75, 3.05) is 5.32 Å². The molecule has 0 aliphatic carbocycles. The molecular formula is C11H14ClNO2. The van der Waals surface area contributed by atoms with E-state index in [9.17, 15) is 9.90 Å². The van der Waals surface area contributed by atoms with Crippen LogP contribution in [-0.2, 0) is 4.79 Å². The number of amides is 1. The van der Waals surface area contributed by atoms with Crippen LogP contribution in [0.25, 0.3) is 0 Å². The third-order valence-corrected chi connectivity index (χ3v) is 2.19. The predicted octanol–water partition coefficient (Wildman–Crippen LogP) is 3.03. The van der Waals surface area contributed by atoms with Gasteiger partial charge in [-0.3, -0.25) is 4.79 Å². The average Bonchev–Trinajstić information content (AvgIpc) is 2.10. The molecule has 0 atom stereocenters. The summed E-state index contributed by atoms with van der Waals surface area (Å²) in [6, 6.07) is 4.56. The van der Waals surface area contributed by atoms with Gasteiger partial charge in [0.05, 0.1) is 5.02 Å². The first-order valence-corrected chi connectivity index (χ1v) is 4.98. The zero-order valence-corrected chi connectivity index (χ0v) is 9.72. The number of phenolic OH excluding ortho intramolecular Hbond substituents is 1. The van der Waals surface area contributed by atoms with Gasteiger partial charge in [-0.05, 0) is 18.2 Å². The predicted molar refractivity (Wildman–Crippen MR) is 61.2 cm³/mol. The van der Waals surface area contributed by atoms with Crippen molar-refractivity contribution in [3.05, 3.63) is 23.2 Å². The van der Waals surface area contributed by atoms with E-state index in [-0.39, 0.29) is 16.7 Å². The second-order valence-corrected chi connectivity index (χ2v) is 4.78. The molecule has 0 aromatic heterocycles. The van der Waals surface area contributed by atoms with E-state index in [1.165, 1.54) is 12.1 Å². The van der Waals surface area contributed by atoms with Gasteiger partial charge in [-0.25, -0.2) is 0 Å². The summed E-state index contributed by atoms with van der Waals surface area (Å²) < 4.78 is 0. The Bertz CT molecular complexity index is 383. The average molecular weight is 228 g/mol. The van der Waals surface area contributed by atoms with Gasteiger partial charge in [-0.2, -0.15) is 0 Å². The van der Waals surface area contributed by atoms with Gasteiger partial charge in [0.15, 0.2) is 0 Å². The number of carbonyl (C=O) groups is 1. The first kappa shape index (κ1) is 11.9. The Morgan fingerprint density at radius 1 is 1.40 bits per heavy atom. The largest absolute Gasteiger partial charge is 0.506 e. The lowest BCUT2D eigenvalue weighted by Crippen LogP contribution is -2.27. The van der Waals surface area contributed by atoms with E-state index in [1.54, 1.807) is 6.07 Å². The molecule has 82 valence electrons. The van der Waals surface area contributed by atoms with E-state index < -0.39 is 5.41 Å². The third kappa shape index (κ3) is 3.13. The number of nitrogens with one attached hydrogen (secondary N) is 1. The molecule has 0 saturated carbocycles. The summed E-state index contributed by atoms with van der Waals surface area (Å²) >= 11 is 5.71. The third-order valence-electron chi connectivity index (χ3n) is 1.89. The van der Waals surface area contributed by atoms with E-state index in [4.69, 9.17) is 11.6 Å². The first-order valence-electron chi connectivity index (χ1n) is 4.60. The summed E-state index contributed by atoms with van der Waals surface area (Å²) in [6.45, 7) is 5.47. The molecule has 2 N–H and O–H groups in total. The molecule has 1 rings (SSSR count). The number of halogens is 1. The lowest BCUT2D eigenvalue weighted by atomic mass is 9.95. The van der Waals surface area contributed by atoms with Crippen molar-refractivity contribution in [1.82, 2.24) is 0 Å². The minimum atomic E-state index is -0.454. The van der Waals surface area contributed by atoms with E-state index in [0.29, 0.717) is 5.69 Å². The summed E-state index contributed by atoms with van der Waals surface area (Å²) in [4.78, 5) is 11.6. The molecule has 0 unspecified atom stereocenters. The molecular weight excluding hydrogens is 214 g/mol. The first-order chi connectivity index (χ1) is 6.80. The van der Waals surface area contributed by atoms with Crippen LogP contribution in [0.15, 0.2) is 18.2 Å². The van der Waals surface area contributed by atoms with E-state index in [0.717, 1.165) is 0 Å². The molecule has 0 spiro atoms. The smallest absolute Gasteiger partial charge is 0.229 e. The fourth-order valence-corrected chi connectivity index (χ4v) is 1.08. The molecule has 4 heteroatoms. The van der Waals surface area contributed by atoms with Crippen LogP contribution in [0.1, 0.15) is 20.8 Å². The van der Waals surface area contributed by atoms with Crippen molar-refractivity contribution < 1.29 is 9.90 Å². The molecule has 1 aromatic rings. The van der Waals surface area contributed by atoms with Crippen molar-refractivity contribution >= 4 is 23.2 Å². The Morgan fingerprint density at radius 3 is 2.47 bits per heavy atom. The highest BCUT2D eigenvalue weighted by atomic mass is 35.5. The van der Waals surface area contributed by atoms with Crippen molar-refractivity contribution in [2.24, 2.45) is 5.41 Å². The number of hydrogen-bond donors (Lipinski definition) is 2. The summed E-state index contributed by atoms with van der Waals surface area (Å²) in [5.41, 5.74) is 0.127. The van der Waals surface area contributed by atoms with Crippen molar-refractivity contribution in [1.29, 1.82) is 0 Å². The Labute approximate surface area is 94.1 Å². The highest BCUT2D eigenvalue weighted by Gasteiger charge is 2.21. The minimum Gasteiger partial charge on any atom is -0.506 e. The molecule has 15 heavy (non-hydrogen) atoms. The maximum absolute atomic E-state index is 11.6. The number of phenols is 1. The summed E-state index contributed by atoms with van der Waals surface area (Å²) in [5.74, 6) is -0.0883. The maximum atomic E-state index is 11.6. The molecule has 0 heterocycles.